The lowest BCUT2D eigenvalue weighted by atomic mass is 9.81. The number of aliphatic hydroxyl groups excluding tert-OH is 1. The number of anilines is 3. The van der Waals surface area contributed by atoms with E-state index in [-0.39, 0.29) is 60.7 Å². The highest BCUT2D eigenvalue weighted by Gasteiger charge is 2.48. The number of benzene rings is 3. The number of hydrogen-bond donors (Lipinski definition) is 8. The molecule has 0 aliphatic carbocycles. The number of aromatic nitrogens is 6. The van der Waals surface area contributed by atoms with E-state index in [4.69, 9.17) is 15.2 Å². The van der Waals surface area contributed by atoms with Gasteiger partial charge >= 0.3 is 5.69 Å². The molecule has 0 saturated carbocycles. The van der Waals surface area contributed by atoms with Crippen molar-refractivity contribution in [3.05, 3.63) is 149 Å². The lowest BCUT2D eigenvalue weighted by Gasteiger charge is -2.27. The van der Waals surface area contributed by atoms with Crippen LogP contribution >= 0.6 is 0 Å². The van der Waals surface area contributed by atoms with E-state index in [0.29, 0.717) is 71.1 Å². The molecule has 0 spiro atoms. The minimum Gasteiger partial charge on any atom is -0.497 e. The SMILES string of the molecule is COc1ccc(C[C@H](N)C(=O)NC2C(CNC(=O)CN3CCNC(=O)CCCCCN4\C(=C/C=C\C=C/C5=[N+](CNc6ccn(c(=O)n6)CC3=O)c3ccc(S(=O)(=O)O)cc3C5(C)C)C(C)(C)c3cc(S(=O)(=O)O)ccc34)OC(n3cnc4c(N(C)C)ncnc43)C2O)cc1. The average Bonchev–Trinajstić information content (AvgIpc) is 1.61. The van der Waals surface area contributed by atoms with Gasteiger partial charge in [-0.15, -0.1) is 0 Å². The molecule has 4 amide bonds. The van der Waals surface area contributed by atoms with Crippen molar-refractivity contribution in [3.8, 4) is 5.75 Å². The number of nitrogens with two attached hydrogens (primary N) is 1. The number of methoxy groups -OCH3 is 1. The Hall–Kier alpha value is -9.24. The van der Waals surface area contributed by atoms with E-state index in [1.165, 1.54) is 65.8 Å². The first-order valence-corrected chi connectivity index (χ1v) is 33.6. The maximum absolute atomic E-state index is 14.4. The molecule has 0 radical (unpaired) electrons. The quantitative estimate of drug-likeness (QED) is 0.0609. The predicted octanol–water partition coefficient (Wildman–Crippen LogP) is 2.84. The van der Waals surface area contributed by atoms with Gasteiger partial charge in [0.05, 0.1) is 47.3 Å². The molecule has 5 aliphatic rings. The van der Waals surface area contributed by atoms with E-state index in [1.54, 1.807) is 61.5 Å². The molecule has 5 atom stereocenters. The third-order valence-corrected chi connectivity index (χ3v) is 19.2. The van der Waals surface area contributed by atoms with Crippen molar-refractivity contribution in [1.82, 2.24) is 49.9 Å². The molecule has 2 bridgehead atoms. The highest BCUT2D eigenvalue weighted by molar-refractivity contribution is 7.86. The van der Waals surface area contributed by atoms with Gasteiger partial charge in [0, 0.05) is 87.4 Å². The molecule has 29 nitrogen and oxygen atoms in total. The van der Waals surface area contributed by atoms with Crippen molar-refractivity contribution in [3.63, 3.8) is 0 Å². The number of rotatable bonds is 13. The summed E-state index contributed by atoms with van der Waals surface area (Å²) in [4.78, 5) is 91.7. The fourth-order valence-electron chi connectivity index (χ4n) is 12.4. The van der Waals surface area contributed by atoms with Gasteiger partial charge < -0.3 is 56.3 Å². The van der Waals surface area contributed by atoms with Gasteiger partial charge in [0.2, 0.25) is 36.0 Å². The van der Waals surface area contributed by atoms with Crippen LogP contribution in [0, 0.1) is 0 Å². The zero-order chi connectivity index (χ0) is 68.3. The molecule has 95 heavy (non-hydrogen) atoms. The molecule has 5 aliphatic heterocycles. The first kappa shape index (κ1) is 68.6. The molecule has 1 fully saturated rings. The molecular weight excluding hydrogens is 1270 g/mol. The minimum atomic E-state index is -4.59. The van der Waals surface area contributed by atoms with Gasteiger partial charge in [-0.25, -0.2) is 19.7 Å². The van der Waals surface area contributed by atoms with E-state index in [9.17, 15) is 55.0 Å². The van der Waals surface area contributed by atoms with Crippen LogP contribution in [-0.2, 0) is 67.9 Å². The number of hydrogen-bond acceptors (Lipinski definition) is 20. The number of ether oxygens (including phenoxy) is 2. The number of carbonyl (C=O) groups excluding carboxylic acids is 4. The van der Waals surface area contributed by atoms with Crippen LogP contribution in [0.1, 0.15) is 76.3 Å². The summed E-state index contributed by atoms with van der Waals surface area (Å²) >= 11 is 0. The normalized spacial score (nSPS) is 21.8. The Morgan fingerprint density at radius 2 is 1.61 bits per heavy atom. The monoisotopic (exact) mass is 1340 g/mol. The van der Waals surface area contributed by atoms with Gasteiger partial charge in [0.15, 0.2) is 28.9 Å². The second-order valence-electron chi connectivity index (χ2n) is 24.8. The molecule has 4 unspecified atom stereocenters. The first-order valence-electron chi connectivity index (χ1n) is 30.8. The number of imidazole rings is 1. The summed E-state index contributed by atoms with van der Waals surface area (Å²) in [7, 11) is -4.03. The lowest BCUT2D eigenvalue weighted by molar-refractivity contribution is -0.430. The number of nitrogens with zero attached hydrogens (tertiary/aromatic N) is 10. The number of amides is 4. The zero-order valence-corrected chi connectivity index (χ0v) is 55.2. The van der Waals surface area contributed by atoms with Crippen LogP contribution in [0.5, 0.6) is 5.75 Å². The van der Waals surface area contributed by atoms with Crippen molar-refractivity contribution >= 4 is 83.8 Å². The molecule has 9 N–H and O–H groups in total. The fourth-order valence-corrected chi connectivity index (χ4v) is 13.4. The van der Waals surface area contributed by atoms with Gasteiger partial charge in [-0.05, 0) is 98.8 Å². The molecule has 504 valence electrons. The highest BCUT2D eigenvalue weighted by Crippen LogP contribution is 2.49. The Kier molecular flexibility index (Phi) is 20.2. The van der Waals surface area contributed by atoms with Crippen molar-refractivity contribution in [2.24, 2.45) is 5.73 Å². The standard InChI is InChI=1S/C64H77N15O14S2/c1-63(2)43-31-41(94(86,87)88)21-23-46(43)77-27-13-9-12-16-52(80)66-26-29-75(54(82)35-76-28-25-51(72-62(76)85)70-37-78-47-24-22-42(95(89,90)91)32-44(47)64(3,4)50(78)15-11-8-10-14-49(63)77)34-53(81)67-33-48-55(73-60(84)45(65)30-39-17-19-40(92-7)20-18-39)57(83)61(93-48)79-38-71-56-58(74(5)6)68-36-69-59(56)79/h8,10-11,14-15,17-25,28,31-32,36,38,45,48,55,57,61,83H,9,12-13,16,26-27,29-30,33-35,37,65H2,1-7H3,(H5-,66,67,70,72,73,80,81,84,85,86,87,88,89,90,91)/p+1/t45-,48?,55?,57?,61?/m0/s1. The average molecular weight is 1350 g/mol. The minimum absolute atomic E-state index is 0.00416. The van der Waals surface area contributed by atoms with Crippen molar-refractivity contribution < 1.29 is 64.3 Å². The molecule has 3 aromatic heterocycles. The molecule has 8 heterocycles. The van der Waals surface area contributed by atoms with Crippen molar-refractivity contribution in [2.45, 2.75) is 117 Å². The topological polar surface area (TPSA) is 381 Å². The molecule has 6 aromatic rings. The van der Waals surface area contributed by atoms with Gasteiger partial charge in [0.25, 0.3) is 20.2 Å². The summed E-state index contributed by atoms with van der Waals surface area (Å²) in [6.07, 6.45) is 11.5. The van der Waals surface area contributed by atoms with Crippen LogP contribution in [0.4, 0.5) is 23.0 Å². The van der Waals surface area contributed by atoms with Crippen LogP contribution in [-0.4, -0.2) is 184 Å². The van der Waals surface area contributed by atoms with Gasteiger partial charge in [0.1, 0.15) is 36.6 Å². The van der Waals surface area contributed by atoms with E-state index in [0.717, 1.165) is 21.5 Å². The van der Waals surface area contributed by atoms with Crippen molar-refractivity contribution in [2.75, 3.05) is 75.7 Å². The van der Waals surface area contributed by atoms with Crippen LogP contribution in [0.25, 0.3) is 11.2 Å². The van der Waals surface area contributed by atoms with Crippen LogP contribution in [0.2, 0.25) is 0 Å². The van der Waals surface area contributed by atoms with E-state index in [1.807, 2.05) is 56.6 Å². The summed E-state index contributed by atoms with van der Waals surface area (Å²) in [5.74, 6) is -1.11. The van der Waals surface area contributed by atoms with E-state index < -0.39 is 98.1 Å². The number of allylic oxidation sites excluding steroid dienone is 6. The molecule has 3 aromatic carbocycles. The largest absolute Gasteiger partial charge is 0.497 e. The van der Waals surface area contributed by atoms with Gasteiger partial charge in [-0.1, -0.05) is 50.6 Å². The molecule has 1 saturated heterocycles. The fraction of sp³-hybridized carbons (Fsp3) is 0.406. The van der Waals surface area contributed by atoms with Gasteiger partial charge in [-0.2, -0.15) is 26.4 Å². The first-order chi connectivity index (χ1) is 45.0. The third kappa shape index (κ3) is 15.0. The Morgan fingerprint density at radius 3 is 2.32 bits per heavy atom. The Balaban J connectivity index is 0.905. The summed E-state index contributed by atoms with van der Waals surface area (Å²) in [5, 5.41) is 23.7. The number of fused-ring (bicyclic) bond motifs is 19. The van der Waals surface area contributed by atoms with Crippen molar-refractivity contribution in [1.29, 1.82) is 0 Å². The number of aliphatic hydroxyl groups is 1. The van der Waals surface area contributed by atoms with E-state index in [2.05, 4.69) is 46.1 Å². The summed E-state index contributed by atoms with van der Waals surface area (Å²) < 4.78 is 85.8. The number of nitrogens with one attached hydrogen (secondary N) is 4. The van der Waals surface area contributed by atoms with Crippen LogP contribution < -0.4 is 47.2 Å². The maximum atomic E-state index is 14.4. The lowest BCUT2D eigenvalue weighted by Crippen LogP contribution is -2.55. The number of carbonyl (C=O) groups is 4. The summed E-state index contributed by atoms with van der Waals surface area (Å²) in [5.41, 5.74) is 9.60. The molecule has 31 heteroatoms. The second-order valence-corrected chi connectivity index (χ2v) is 27.7. The Bertz CT molecular complexity index is 4370. The summed E-state index contributed by atoms with van der Waals surface area (Å²) in [6, 6.07) is 15.0. The predicted molar refractivity (Wildman–Crippen MR) is 351 cm³/mol. The molecule has 11 rings (SSSR count). The Morgan fingerprint density at radius 1 is 0.884 bits per heavy atom. The summed E-state index contributed by atoms with van der Waals surface area (Å²) in [6.45, 7) is 6.43. The van der Waals surface area contributed by atoms with Crippen LogP contribution in [0.3, 0.4) is 0 Å². The zero-order valence-electron chi connectivity index (χ0n) is 53.5. The van der Waals surface area contributed by atoms with E-state index >= 15 is 0 Å². The Labute approximate surface area is 548 Å². The molecular formula is C64H78N15O14S2+. The third-order valence-electron chi connectivity index (χ3n) is 17.5. The maximum Gasteiger partial charge on any atom is 0.349 e. The highest BCUT2D eigenvalue weighted by atomic mass is 32.2. The second kappa shape index (κ2) is 28.0. The van der Waals surface area contributed by atoms with Gasteiger partial charge in [-0.3, -0.25) is 37.4 Å². The smallest absolute Gasteiger partial charge is 0.349 e. The van der Waals surface area contributed by atoms with Crippen LogP contribution in [0.15, 0.2) is 136 Å².